The van der Waals surface area contributed by atoms with Crippen molar-refractivity contribution in [2.75, 3.05) is 14.2 Å². The average Bonchev–Trinajstić information content (AvgIpc) is 2.95. The van der Waals surface area contributed by atoms with Crippen molar-refractivity contribution < 1.29 is 9.47 Å². The molecule has 3 rings (SSSR count). The number of pyridine rings is 1. The van der Waals surface area contributed by atoms with E-state index in [0.29, 0.717) is 17.2 Å². The lowest BCUT2D eigenvalue weighted by molar-refractivity contribution is 0.356. The zero-order valence-electron chi connectivity index (χ0n) is 11.9. The smallest absolute Gasteiger partial charge is 0.186 e. The summed E-state index contributed by atoms with van der Waals surface area (Å²) in [4.78, 5) is 4.45. The third-order valence-corrected chi connectivity index (χ3v) is 3.11. The van der Waals surface area contributed by atoms with Crippen LogP contribution >= 0.6 is 0 Å². The SMILES string of the molecule is COc1cccc(N=Cc2cc3ccccn3n2)c1OC. The molecule has 2 heterocycles. The average molecular weight is 281 g/mol. The molecule has 21 heavy (non-hydrogen) atoms. The Kier molecular flexibility index (Phi) is 3.55. The van der Waals surface area contributed by atoms with Gasteiger partial charge in [-0.25, -0.2) is 4.52 Å². The summed E-state index contributed by atoms with van der Waals surface area (Å²) in [6.45, 7) is 0. The minimum absolute atomic E-state index is 0.611. The number of para-hydroxylation sites is 1. The number of hydrogen-bond donors (Lipinski definition) is 0. The normalized spacial score (nSPS) is 11.1. The van der Waals surface area contributed by atoms with Gasteiger partial charge in [-0.2, -0.15) is 5.10 Å². The van der Waals surface area contributed by atoms with E-state index < -0.39 is 0 Å². The van der Waals surface area contributed by atoms with Crippen LogP contribution in [0.25, 0.3) is 5.52 Å². The van der Waals surface area contributed by atoms with Crippen LogP contribution in [0.4, 0.5) is 5.69 Å². The summed E-state index contributed by atoms with van der Waals surface area (Å²) in [6, 6.07) is 13.5. The Morgan fingerprint density at radius 1 is 1.10 bits per heavy atom. The first kappa shape index (κ1) is 13.2. The van der Waals surface area contributed by atoms with Crippen molar-refractivity contribution in [1.82, 2.24) is 9.61 Å². The number of benzene rings is 1. The molecule has 0 unspecified atom stereocenters. The monoisotopic (exact) mass is 281 g/mol. The first-order valence-electron chi connectivity index (χ1n) is 6.51. The van der Waals surface area contributed by atoms with E-state index in [-0.39, 0.29) is 0 Å². The van der Waals surface area contributed by atoms with Crippen LogP contribution in [0, 0.1) is 0 Å². The predicted octanol–water partition coefficient (Wildman–Crippen LogP) is 3.10. The maximum Gasteiger partial charge on any atom is 0.186 e. The highest BCUT2D eigenvalue weighted by molar-refractivity contribution is 5.82. The van der Waals surface area contributed by atoms with Gasteiger partial charge in [0, 0.05) is 6.20 Å². The summed E-state index contributed by atoms with van der Waals surface area (Å²) in [6.07, 6.45) is 3.61. The van der Waals surface area contributed by atoms with E-state index in [0.717, 1.165) is 11.2 Å². The number of ether oxygens (including phenoxy) is 2. The van der Waals surface area contributed by atoms with Gasteiger partial charge in [0.2, 0.25) is 0 Å². The van der Waals surface area contributed by atoms with Crippen molar-refractivity contribution in [3.63, 3.8) is 0 Å². The quantitative estimate of drug-likeness (QED) is 0.690. The summed E-state index contributed by atoms with van der Waals surface area (Å²) >= 11 is 0. The standard InChI is InChI=1S/C16H15N3O2/c1-20-15-8-5-7-14(16(15)21-2)17-11-12-10-13-6-3-4-9-19(13)18-12/h3-11H,1-2H3. The van der Waals surface area contributed by atoms with E-state index in [1.54, 1.807) is 20.4 Å². The number of fused-ring (bicyclic) bond motifs is 1. The molecule has 3 aromatic rings. The minimum atomic E-state index is 0.611. The highest BCUT2D eigenvalue weighted by atomic mass is 16.5. The molecule has 0 aliphatic carbocycles. The maximum absolute atomic E-state index is 5.35. The first-order chi connectivity index (χ1) is 10.3. The van der Waals surface area contributed by atoms with Gasteiger partial charge in [0.05, 0.1) is 26.0 Å². The molecule has 2 aromatic heterocycles. The van der Waals surface area contributed by atoms with Gasteiger partial charge >= 0.3 is 0 Å². The number of nitrogens with zero attached hydrogens (tertiary/aromatic N) is 3. The second-order valence-electron chi connectivity index (χ2n) is 4.41. The second-order valence-corrected chi connectivity index (χ2v) is 4.41. The lowest BCUT2D eigenvalue weighted by Gasteiger charge is -2.08. The van der Waals surface area contributed by atoms with Gasteiger partial charge in [0.15, 0.2) is 11.5 Å². The zero-order valence-corrected chi connectivity index (χ0v) is 11.9. The van der Waals surface area contributed by atoms with Gasteiger partial charge < -0.3 is 9.47 Å². The van der Waals surface area contributed by atoms with Crippen LogP contribution in [-0.4, -0.2) is 30.0 Å². The van der Waals surface area contributed by atoms with Crippen LogP contribution in [0.2, 0.25) is 0 Å². The molecule has 0 atom stereocenters. The molecular formula is C16H15N3O2. The van der Waals surface area contributed by atoms with E-state index in [4.69, 9.17) is 9.47 Å². The molecule has 0 N–H and O–H groups in total. The fourth-order valence-corrected chi connectivity index (χ4v) is 2.13. The van der Waals surface area contributed by atoms with Gasteiger partial charge in [-0.05, 0) is 30.3 Å². The summed E-state index contributed by atoms with van der Waals surface area (Å²) in [5.74, 6) is 1.27. The van der Waals surface area contributed by atoms with Crippen molar-refractivity contribution in [2.45, 2.75) is 0 Å². The molecule has 0 aliphatic rings. The van der Waals surface area contributed by atoms with Gasteiger partial charge in [-0.15, -0.1) is 0 Å². The molecule has 0 bridgehead atoms. The second kappa shape index (κ2) is 5.66. The van der Waals surface area contributed by atoms with Crippen molar-refractivity contribution in [2.24, 2.45) is 4.99 Å². The minimum Gasteiger partial charge on any atom is -0.493 e. The molecule has 0 radical (unpaired) electrons. The molecular weight excluding hydrogens is 266 g/mol. The number of methoxy groups -OCH3 is 2. The Hall–Kier alpha value is -2.82. The Labute approximate surface area is 122 Å². The molecule has 0 spiro atoms. The van der Waals surface area contributed by atoms with Gasteiger partial charge in [0.1, 0.15) is 11.4 Å². The maximum atomic E-state index is 5.35. The van der Waals surface area contributed by atoms with Crippen LogP contribution in [0.15, 0.2) is 53.7 Å². The van der Waals surface area contributed by atoms with Crippen molar-refractivity contribution in [3.05, 3.63) is 54.4 Å². The van der Waals surface area contributed by atoms with E-state index in [9.17, 15) is 0 Å². The van der Waals surface area contributed by atoms with Crippen molar-refractivity contribution in [1.29, 1.82) is 0 Å². The van der Waals surface area contributed by atoms with E-state index in [2.05, 4.69) is 10.1 Å². The molecule has 0 amide bonds. The van der Waals surface area contributed by atoms with Crippen molar-refractivity contribution in [3.8, 4) is 11.5 Å². The Balaban J connectivity index is 1.95. The number of aliphatic imine (C=N–C) groups is 1. The summed E-state index contributed by atoms with van der Waals surface area (Å²) in [5, 5.41) is 4.42. The number of hydrogen-bond acceptors (Lipinski definition) is 4. The zero-order chi connectivity index (χ0) is 14.7. The first-order valence-corrected chi connectivity index (χ1v) is 6.51. The van der Waals surface area contributed by atoms with Crippen LogP contribution < -0.4 is 9.47 Å². The highest BCUT2D eigenvalue weighted by Gasteiger charge is 2.08. The molecule has 5 heteroatoms. The van der Waals surface area contributed by atoms with Crippen LogP contribution in [-0.2, 0) is 0 Å². The molecule has 0 aliphatic heterocycles. The van der Waals surface area contributed by atoms with Gasteiger partial charge in [0.25, 0.3) is 0 Å². The number of aromatic nitrogens is 2. The predicted molar refractivity (Wildman–Crippen MR) is 82.0 cm³/mol. The lowest BCUT2D eigenvalue weighted by atomic mass is 10.2. The third-order valence-electron chi connectivity index (χ3n) is 3.11. The molecule has 106 valence electrons. The largest absolute Gasteiger partial charge is 0.493 e. The molecule has 5 nitrogen and oxygen atoms in total. The number of rotatable bonds is 4. The van der Waals surface area contributed by atoms with Crippen LogP contribution in [0.5, 0.6) is 11.5 Å². The van der Waals surface area contributed by atoms with Crippen LogP contribution in [0.1, 0.15) is 5.69 Å². The highest BCUT2D eigenvalue weighted by Crippen LogP contribution is 2.36. The van der Waals surface area contributed by atoms with E-state index in [1.807, 2.05) is 53.2 Å². The van der Waals surface area contributed by atoms with Crippen LogP contribution in [0.3, 0.4) is 0 Å². The third kappa shape index (κ3) is 2.58. The van der Waals surface area contributed by atoms with Crippen molar-refractivity contribution >= 4 is 17.4 Å². The fourth-order valence-electron chi connectivity index (χ4n) is 2.13. The van der Waals surface area contributed by atoms with E-state index in [1.165, 1.54) is 0 Å². The molecule has 0 saturated carbocycles. The Morgan fingerprint density at radius 2 is 2.00 bits per heavy atom. The summed E-state index contributed by atoms with van der Waals surface area (Å²) in [5.41, 5.74) is 2.51. The Bertz CT molecular complexity index is 760. The molecule has 0 saturated heterocycles. The Morgan fingerprint density at radius 3 is 2.76 bits per heavy atom. The lowest BCUT2D eigenvalue weighted by Crippen LogP contribution is -1.91. The van der Waals surface area contributed by atoms with E-state index >= 15 is 0 Å². The molecule has 0 fully saturated rings. The fraction of sp³-hybridized carbons (Fsp3) is 0.125. The summed E-state index contributed by atoms with van der Waals surface area (Å²) in [7, 11) is 3.20. The van der Waals surface area contributed by atoms with Gasteiger partial charge in [-0.1, -0.05) is 12.1 Å². The van der Waals surface area contributed by atoms with Gasteiger partial charge in [-0.3, -0.25) is 4.99 Å². The molecule has 1 aromatic carbocycles. The summed E-state index contributed by atoms with van der Waals surface area (Å²) < 4.78 is 12.4. The topological polar surface area (TPSA) is 48.1 Å².